The third-order valence-corrected chi connectivity index (χ3v) is 4.22. The van der Waals surface area contributed by atoms with Crippen LogP contribution in [0.25, 0.3) is 0 Å². The molecule has 0 atom stereocenters. The van der Waals surface area contributed by atoms with Gasteiger partial charge in [-0.1, -0.05) is 0 Å². The molecule has 2 N–H and O–H groups in total. The molecule has 0 aromatic carbocycles. The van der Waals surface area contributed by atoms with E-state index in [0.717, 1.165) is 30.9 Å². The van der Waals surface area contributed by atoms with Gasteiger partial charge in [0.1, 0.15) is 0 Å². The van der Waals surface area contributed by atoms with E-state index in [0.29, 0.717) is 0 Å². The number of nitrogen functional groups attached to an aromatic ring is 1. The van der Waals surface area contributed by atoms with Gasteiger partial charge < -0.3 is 10.6 Å². The summed E-state index contributed by atoms with van der Waals surface area (Å²) in [5, 5.41) is 2.18. The van der Waals surface area contributed by atoms with Crippen LogP contribution in [0.5, 0.6) is 0 Å². The topological polar surface area (TPSA) is 42.1 Å². The fourth-order valence-corrected chi connectivity index (χ4v) is 2.91. The average Bonchev–Trinajstić information content (AvgIpc) is 2.74. The molecule has 0 saturated heterocycles. The van der Waals surface area contributed by atoms with Crippen molar-refractivity contribution in [3.8, 4) is 0 Å². The number of halogens is 1. The normalized spacial score (nSPS) is 11.1. The molecule has 0 spiro atoms. The zero-order valence-electron chi connectivity index (χ0n) is 10.3. The second kappa shape index (κ2) is 6.31. The molecule has 2 heterocycles. The van der Waals surface area contributed by atoms with Crippen molar-refractivity contribution in [3.05, 3.63) is 44.8 Å². The molecule has 0 fully saturated rings. The van der Waals surface area contributed by atoms with E-state index in [1.807, 2.05) is 12.1 Å². The number of nitrogens with two attached hydrogens (primary N) is 1. The standard InChI is InChI=1S/C13H16BrN3S/c1-17(8-10-6-13(14)18-9-10)5-4-12-3-2-11(15)7-16-12/h2-3,6-7,9H,4-5,8,15H2,1H3. The van der Waals surface area contributed by atoms with Crippen molar-refractivity contribution in [2.75, 3.05) is 19.3 Å². The van der Waals surface area contributed by atoms with Gasteiger partial charge in [0, 0.05) is 25.2 Å². The second-order valence-corrected chi connectivity index (χ2v) is 6.62. The summed E-state index contributed by atoms with van der Waals surface area (Å²) in [6, 6.07) is 6.06. The molecule has 0 amide bonds. The van der Waals surface area contributed by atoms with Crippen molar-refractivity contribution in [1.29, 1.82) is 0 Å². The van der Waals surface area contributed by atoms with E-state index in [-0.39, 0.29) is 0 Å². The Morgan fingerprint density at radius 1 is 1.44 bits per heavy atom. The maximum absolute atomic E-state index is 5.61. The molecule has 3 nitrogen and oxygen atoms in total. The monoisotopic (exact) mass is 325 g/mol. The van der Waals surface area contributed by atoms with Crippen LogP contribution in [-0.4, -0.2) is 23.5 Å². The Labute approximate surface area is 120 Å². The Bertz CT molecular complexity index is 495. The van der Waals surface area contributed by atoms with Gasteiger partial charge in [-0.25, -0.2) is 0 Å². The number of pyridine rings is 1. The molecule has 18 heavy (non-hydrogen) atoms. The molecule has 0 aliphatic carbocycles. The quantitative estimate of drug-likeness (QED) is 0.918. The van der Waals surface area contributed by atoms with E-state index in [9.17, 15) is 0 Å². The highest BCUT2D eigenvalue weighted by Gasteiger charge is 2.03. The highest BCUT2D eigenvalue weighted by atomic mass is 79.9. The predicted molar refractivity (Wildman–Crippen MR) is 80.7 cm³/mol. The summed E-state index contributed by atoms with van der Waals surface area (Å²) in [4.78, 5) is 6.60. The summed E-state index contributed by atoms with van der Waals surface area (Å²) in [7, 11) is 2.13. The predicted octanol–water partition coefficient (Wildman–Crippen LogP) is 3.16. The Kier molecular flexibility index (Phi) is 4.74. The van der Waals surface area contributed by atoms with Crippen molar-refractivity contribution < 1.29 is 0 Å². The number of anilines is 1. The first-order valence-corrected chi connectivity index (χ1v) is 7.42. The highest BCUT2D eigenvalue weighted by molar-refractivity contribution is 9.11. The first-order valence-electron chi connectivity index (χ1n) is 5.75. The van der Waals surface area contributed by atoms with Gasteiger partial charge in [-0.2, -0.15) is 0 Å². The third kappa shape index (κ3) is 4.08. The largest absolute Gasteiger partial charge is 0.397 e. The lowest BCUT2D eigenvalue weighted by Gasteiger charge is -2.15. The zero-order valence-corrected chi connectivity index (χ0v) is 12.7. The minimum atomic E-state index is 0.718. The zero-order chi connectivity index (χ0) is 13.0. The van der Waals surface area contributed by atoms with Crippen molar-refractivity contribution in [1.82, 2.24) is 9.88 Å². The molecule has 96 valence electrons. The molecule has 5 heteroatoms. The van der Waals surface area contributed by atoms with E-state index in [1.165, 1.54) is 9.35 Å². The summed E-state index contributed by atoms with van der Waals surface area (Å²) in [5.41, 5.74) is 8.76. The molecule has 0 aliphatic rings. The van der Waals surface area contributed by atoms with Crippen LogP contribution < -0.4 is 5.73 Å². The van der Waals surface area contributed by atoms with E-state index < -0.39 is 0 Å². The van der Waals surface area contributed by atoms with Crippen LogP contribution in [0.1, 0.15) is 11.3 Å². The van der Waals surface area contributed by atoms with Crippen LogP contribution in [0.3, 0.4) is 0 Å². The van der Waals surface area contributed by atoms with Gasteiger partial charge in [-0.15, -0.1) is 11.3 Å². The fourth-order valence-electron chi connectivity index (χ4n) is 1.71. The number of hydrogen-bond acceptors (Lipinski definition) is 4. The van der Waals surface area contributed by atoms with Gasteiger partial charge in [0.05, 0.1) is 15.7 Å². The number of rotatable bonds is 5. The van der Waals surface area contributed by atoms with E-state index >= 15 is 0 Å². The lowest BCUT2D eigenvalue weighted by Crippen LogP contribution is -2.20. The van der Waals surface area contributed by atoms with Crippen LogP contribution in [0, 0.1) is 0 Å². The third-order valence-electron chi connectivity index (χ3n) is 2.67. The summed E-state index contributed by atoms with van der Waals surface area (Å²) < 4.78 is 1.19. The molecule has 0 unspecified atom stereocenters. The summed E-state index contributed by atoms with van der Waals surface area (Å²) >= 11 is 5.21. The van der Waals surface area contributed by atoms with Crippen LogP contribution >= 0.6 is 27.3 Å². The number of likely N-dealkylation sites (N-methyl/N-ethyl adjacent to an activating group) is 1. The van der Waals surface area contributed by atoms with Crippen LogP contribution in [0.15, 0.2) is 33.6 Å². The van der Waals surface area contributed by atoms with E-state index in [4.69, 9.17) is 5.73 Å². The van der Waals surface area contributed by atoms with Gasteiger partial charge >= 0.3 is 0 Å². The van der Waals surface area contributed by atoms with Crippen molar-refractivity contribution in [2.45, 2.75) is 13.0 Å². The Balaban J connectivity index is 1.81. The smallest absolute Gasteiger partial charge is 0.0701 e. The molecule has 2 aromatic rings. The molecule has 0 bridgehead atoms. The lowest BCUT2D eigenvalue weighted by atomic mass is 10.2. The minimum Gasteiger partial charge on any atom is -0.397 e. The van der Waals surface area contributed by atoms with Gasteiger partial charge in [-0.05, 0) is 52.1 Å². The summed E-state index contributed by atoms with van der Waals surface area (Å²) in [5.74, 6) is 0. The number of aromatic nitrogens is 1. The summed E-state index contributed by atoms with van der Waals surface area (Å²) in [6.45, 7) is 1.96. The summed E-state index contributed by atoms with van der Waals surface area (Å²) in [6.07, 6.45) is 2.66. The minimum absolute atomic E-state index is 0.718. The highest BCUT2D eigenvalue weighted by Crippen LogP contribution is 2.21. The number of hydrogen-bond donors (Lipinski definition) is 1. The maximum atomic E-state index is 5.61. The average molecular weight is 326 g/mol. The van der Waals surface area contributed by atoms with E-state index in [2.05, 4.69) is 44.3 Å². The van der Waals surface area contributed by atoms with E-state index in [1.54, 1.807) is 17.5 Å². The molecule has 2 rings (SSSR count). The number of thiophene rings is 1. The first kappa shape index (κ1) is 13.5. The molecule has 0 saturated carbocycles. The SMILES string of the molecule is CN(CCc1ccc(N)cn1)Cc1csc(Br)c1. The molecule has 0 aliphatic heterocycles. The fraction of sp³-hybridized carbons (Fsp3) is 0.308. The molecular weight excluding hydrogens is 310 g/mol. The molecule has 2 aromatic heterocycles. The second-order valence-electron chi connectivity index (χ2n) is 4.33. The van der Waals surface area contributed by atoms with Crippen molar-refractivity contribution in [3.63, 3.8) is 0 Å². The van der Waals surface area contributed by atoms with Crippen LogP contribution in [-0.2, 0) is 13.0 Å². The lowest BCUT2D eigenvalue weighted by molar-refractivity contribution is 0.330. The molecule has 0 radical (unpaired) electrons. The first-order chi connectivity index (χ1) is 8.63. The van der Waals surface area contributed by atoms with Crippen molar-refractivity contribution in [2.24, 2.45) is 0 Å². The van der Waals surface area contributed by atoms with Crippen LogP contribution in [0.4, 0.5) is 5.69 Å². The van der Waals surface area contributed by atoms with Crippen molar-refractivity contribution >= 4 is 33.0 Å². The Morgan fingerprint density at radius 2 is 2.28 bits per heavy atom. The Morgan fingerprint density at radius 3 is 2.89 bits per heavy atom. The molecular formula is C13H16BrN3S. The van der Waals surface area contributed by atoms with Gasteiger partial charge in [0.25, 0.3) is 0 Å². The van der Waals surface area contributed by atoms with Gasteiger partial charge in [-0.3, -0.25) is 4.98 Å². The Hall–Kier alpha value is -0.910. The maximum Gasteiger partial charge on any atom is 0.0701 e. The van der Waals surface area contributed by atoms with Gasteiger partial charge in [0.2, 0.25) is 0 Å². The van der Waals surface area contributed by atoms with Crippen LogP contribution in [0.2, 0.25) is 0 Å². The number of nitrogens with zero attached hydrogens (tertiary/aromatic N) is 2. The van der Waals surface area contributed by atoms with Gasteiger partial charge in [0.15, 0.2) is 0 Å².